The Morgan fingerprint density at radius 2 is 2.06 bits per heavy atom. The molecule has 0 saturated heterocycles. The van der Waals surface area contributed by atoms with E-state index in [1.165, 1.54) is 18.9 Å². The van der Waals surface area contributed by atoms with Crippen LogP contribution in [0.3, 0.4) is 0 Å². The fourth-order valence-electron chi connectivity index (χ4n) is 2.26. The number of nitrogens with zero attached hydrogens (tertiary/aromatic N) is 1. The van der Waals surface area contributed by atoms with Crippen molar-refractivity contribution < 1.29 is 4.79 Å². The van der Waals surface area contributed by atoms with Crippen LogP contribution in [-0.2, 0) is 11.3 Å². The lowest BCUT2D eigenvalue weighted by Gasteiger charge is -2.26. The van der Waals surface area contributed by atoms with Crippen LogP contribution in [0.1, 0.15) is 31.2 Å². The first-order valence-electron chi connectivity index (χ1n) is 6.48. The van der Waals surface area contributed by atoms with Crippen LogP contribution in [0.15, 0.2) is 54.8 Å². The van der Waals surface area contributed by atoms with E-state index in [9.17, 15) is 4.79 Å². The van der Waals surface area contributed by atoms with E-state index < -0.39 is 0 Å². The van der Waals surface area contributed by atoms with Crippen LogP contribution in [0.4, 0.5) is 0 Å². The summed E-state index contributed by atoms with van der Waals surface area (Å²) >= 11 is 0. The molecule has 0 heterocycles. The predicted octanol–water partition coefficient (Wildman–Crippen LogP) is 3.66. The Hall–Kier alpha value is -1.83. The van der Waals surface area contributed by atoms with Crippen molar-refractivity contribution in [3.05, 3.63) is 60.3 Å². The van der Waals surface area contributed by atoms with Crippen molar-refractivity contribution in [3.8, 4) is 0 Å². The van der Waals surface area contributed by atoms with Gasteiger partial charge in [-0.15, -0.1) is 0 Å². The van der Waals surface area contributed by atoms with Gasteiger partial charge in [-0.05, 0) is 37.3 Å². The van der Waals surface area contributed by atoms with Crippen molar-refractivity contribution in [2.75, 3.05) is 0 Å². The molecule has 0 aliphatic heterocycles. The molecule has 0 unspecified atom stereocenters. The van der Waals surface area contributed by atoms with Crippen molar-refractivity contribution in [3.63, 3.8) is 0 Å². The maximum Gasteiger partial charge on any atom is 0.250 e. The van der Waals surface area contributed by atoms with Crippen LogP contribution in [0.5, 0.6) is 0 Å². The molecule has 1 aromatic carbocycles. The number of carbonyl (C=O) groups is 1. The zero-order valence-corrected chi connectivity index (χ0v) is 10.6. The lowest BCUT2D eigenvalue weighted by atomic mass is 10.0. The van der Waals surface area contributed by atoms with Gasteiger partial charge in [0.15, 0.2) is 0 Å². The van der Waals surface area contributed by atoms with Crippen molar-refractivity contribution in [2.24, 2.45) is 0 Å². The molecule has 1 aliphatic carbocycles. The summed E-state index contributed by atoms with van der Waals surface area (Å²) in [6.07, 6.45) is 8.05. The highest BCUT2D eigenvalue weighted by atomic mass is 16.2. The molecule has 2 heteroatoms. The monoisotopic (exact) mass is 241 g/mol. The Morgan fingerprint density at radius 1 is 1.28 bits per heavy atom. The second-order valence-electron chi connectivity index (χ2n) is 4.56. The van der Waals surface area contributed by atoms with E-state index in [1.807, 2.05) is 35.2 Å². The molecular formula is C16H19NO. The number of hydrogen-bond acceptors (Lipinski definition) is 1. The summed E-state index contributed by atoms with van der Waals surface area (Å²) in [7, 11) is 0. The van der Waals surface area contributed by atoms with Crippen LogP contribution in [-0.4, -0.2) is 10.8 Å². The van der Waals surface area contributed by atoms with E-state index in [2.05, 4.69) is 12.7 Å². The van der Waals surface area contributed by atoms with Gasteiger partial charge < -0.3 is 4.90 Å². The number of benzene rings is 1. The summed E-state index contributed by atoms with van der Waals surface area (Å²) in [6, 6.07) is 10.1. The number of amides is 1. The van der Waals surface area contributed by atoms with Gasteiger partial charge in [0.2, 0.25) is 5.91 Å². The van der Waals surface area contributed by atoms with E-state index >= 15 is 0 Å². The lowest BCUT2D eigenvalue weighted by molar-refractivity contribution is -0.124. The van der Waals surface area contributed by atoms with Crippen molar-refractivity contribution >= 4 is 5.91 Å². The Labute approximate surface area is 109 Å². The molecule has 0 spiro atoms. The van der Waals surface area contributed by atoms with Gasteiger partial charge in [-0.1, -0.05) is 43.0 Å². The quantitative estimate of drug-likeness (QED) is 0.737. The molecular weight excluding hydrogens is 222 g/mol. The molecule has 2 nitrogen and oxygen atoms in total. The SMILES string of the molecule is C=CC(=O)N(Cc1ccccc1)C1=CCCCC1. The molecule has 1 amide bonds. The molecule has 0 radical (unpaired) electrons. The van der Waals surface area contributed by atoms with Gasteiger partial charge in [-0.25, -0.2) is 0 Å². The predicted molar refractivity (Wildman–Crippen MR) is 73.7 cm³/mol. The molecule has 0 N–H and O–H groups in total. The Balaban J connectivity index is 2.17. The largest absolute Gasteiger partial charge is 0.309 e. The minimum absolute atomic E-state index is 0.00740. The third kappa shape index (κ3) is 3.10. The molecule has 0 aromatic heterocycles. The minimum Gasteiger partial charge on any atom is -0.309 e. The van der Waals surface area contributed by atoms with Gasteiger partial charge in [-0.2, -0.15) is 0 Å². The highest BCUT2D eigenvalue weighted by Crippen LogP contribution is 2.23. The fraction of sp³-hybridized carbons (Fsp3) is 0.312. The topological polar surface area (TPSA) is 20.3 Å². The van der Waals surface area contributed by atoms with E-state index in [1.54, 1.807) is 0 Å². The van der Waals surface area contributed by atoms with Gasteiger partial charge in [-0.3, -0.25) is 4.79 Å². The Bertz CT molecular complexity index is 447. The first-order chi connectivity index (χ1) is 8.81. The van der Waals surface area contributed by atoms with Crippen LogP contribution >= 0.6 is 0 Å². The Kier molecular flexibility index (Phi) is 4.35. The van der Waals surface area contributed by atoms with E-state index in [0.717, 1.165) is 24.1 Å². The van der Waals surface area contributed by atoms with Crippen LogP contribution in [0.25, 0.3) is 0 Å². The lowest BCUT2D eigenvalue weighted by Crippen LogP contribution is -2.29. The van der Waals surface area contributed by atoms with E-state index in [-0.39, 0.29) is 5.91 Å². The molecule has 0 atom stereocenters. The molecule has 94 valence electrons. The maximum absolute atomic E-state index is 12.0. The number of allylic oxidation sites excluding steroid dienone is 2. The first-order valence-corrected chi connectivity index (χ1v) is 6.48. The zero-order chi connectivity index (χ0) is 12.8. The van der Waals surface area contributed by atoms with Gasteiger partial charge >= 0.3 is 0 Å². The highest BCUT2D eigenvalue weighted by Gasteiger charge is 2.17. The standard InChI is InChI=1S/C16H19NO/c1-2-16(18)17(15-11-7-4-8-12-15)13-14-9-5-3-6-10-14/h2-3,5-6,9-11H,1,4,7-8,12-13H2. The molecule has 0 fully saturated rings. The van der Waals surface area contributed by atoms with Crippen LogP contribution in [0.2, 0.25) is 0 Å². The average molecular weight is 241 g/mol. The third-order valence-electron chi connectivity index (χ3n) is 3.24. The Morgan fingerprint density at radius 3 is 2.67 bits per heavy atom. The van der Waals surface area contributed by atoms with E-state index in [0.29, 0.717) is 6.54 Å². The summed E-state index contributed by atoms with van der Waals surface area (Å²) in [5, 5.41) is 0. The summed E-state index contributed by atoms with van der Waals surface area (Å²) in [5.41, 5.74) is 2.30. The molecule has 0 saturated carbocycles. The number of carbonyl (C=O) groups excluding carboxylic acids is 1. The van der Waals surface area contributed by atoms with Crippen molar-refractivity contribution in [1.82, 2.24) is 4.90 Å². The molecule has 18 heavy (non-hydrogen) atoms. The highest BCUT2D eigenvalue weighted by molar-refractivity contribution is 5.88. The molecule has 1 aromatic rings. The van der Waals surface area contributed by atoms with Gasteiger partial charge in [0.25, 0.3) is 0 Å². The summed E-state index contributed by atoms with van der Waals surface area (Å²) < 4.78 is 0. The maximum atomic E-state index is 12.0. The van der Waals surface area contributed by atoms with Crippen molar-refractivity contribution in [2.45, 2.75) is 32.2 Å². The second kappa shape index (κ2) is 6.20. The summed E-state index contributed by atoms with van der Waals surface area (Å²) in [4.78, 5) is 13.8. The van der Waals surface area contributed by atoms with Gasteiger partial charge in [0.1, 0.15) is 0 Å². The molecule has 0 bridgehead atoms. The van der Waals surface area contributed by atoms with Crippen LogP contribution in [0, 0.1) is 0 Å². The number of rotatable bonds is 4. The van der Waals surface area contributed by atoms with Crippen molar-refractivity contribution in [1.29, 1.82) is 0 Å². The third-order valence-corrected chi connectivity index (χ3v) is 3.24. The molecule has 2 rings (SSSR count). The fourth-order valence-corrected chi connectivity index (χ4v) is 2.26. The minimum atomic E-state index is -0.00740. The first kappa shape index (κ1) is 12.6. The van der Waals surface area contributed by atoms with Crippen LogP contribution < -0.4 is 0 Å². The van der Waals surface area contributed by atoms with Gasteiger partial charge in [0.05, 0.1) is 6.54 Å². The van der Waals surface area contributed by atoms with Gasteiger partial charge in [0, 0.05) is 5.70 Å². The summed E-state index contributed by atoms with van der Waals surface area (Å²) in [5.74, 6) is -0.00740. The molecule has 1 aliphatic rings. The second-order valence-corrected chi connectivity index (χ2v) is 4.56. The summed E-state index contributed by atoms with van der Waals surface area (Å²) in [6.45, 7) is 4.24. The number of hydrogen-bond donors (Lipinski definition) is 0. The average Bonchev–Trinajstić information content (AvgIpc) is 2.46. The normalized spacial score (nSPS) is 14.8. The smallest absolute Gasteiger partial charge is 0.250 e. The zero-order valence-electron chi connectivity index (χ0n) is 10.6. The van der Waals surface area contributed by atoms with E-state index in [4.69, 9.17) is 0 Å².